The minimum Gasteiger partial charge on any atom is -0.384 e. The van der Waals surface area contributed by atoms with Crippen LogP contribution in [0.25, 0.3) is 0 Å². The van der Waals surface area contributed by atoms with E-state index in [4.69, 9.17) is 5.26 Å². The van der Waals surface area contributed by atoms with Gasteiger partial charge in [0.1, 0.15) is 6.07 Å². The van der Waals surface area contributed by atoms with Crippen LogP contribution >= 0.6 is 27.3 Å². The summed E-state index contributed by atoms with van der Waals surface area (Å²) in [5.41, 5.74) is 2.79. The lowest BCUT2D eigenvalue weighted by Gasteiger charge is -2.08. The lowest BCUT2D eigenvalue weighted by molar-refractivity contribution is 1.04. The van der Waals surface area contributed by atoms with Crippen LogP contribution in [0.1, 0.15) is 16.0 Å². The highest BCUT2D eigenvalue weighted by molar-refractivity contribution is 9.11. The number of aryl methyl sites for hydroxylation is 1. The molecule has 0 unspecified atom stereocenters. The van der Waals surface area contributed by atoms with Crippen LogP contribution in [0.15, 0.2) is 34.1 Å². The Kier molecular flexibility index (Phi) is 4.40. The number of hydrogen-bond donors (Lipinski definition) is 1. The van der Waals surface area contributed by atoms with Gasteiger partial charge < -0.3 is 5.32 Å². The maximum Gasteiger partial charge on any atom is 0.101 e. The third-order valence-electron chi connectivity index (χ3n) is 2.61. The quantitative estimate of drug-likeness (QED) is 0.909. The third-order valence-corrected chi connectivity index (χ3v) is 4.29. The maximum atomic E-state index is 9.03. The summed E-state index contributed by atoms with van der Waals surface area (Å²) in [6.45, 7) is 2.87. The normalized spacial score (nSPS) is 10.1. The van der Waals surface area contributed by atoms with Gasteiger partial charge in [0.25, 0.3) is 0 Å². The predicted octanol–water partition coefficient (Wildman–Crippen LogP) is 4.35. The first kappa shape index (κ1) is 13.1. The zero-order valence-electron chi connectivity index (χ0n) is 10.0. The van der Waals surface area contributed by atoms with Gasteiger partial charge in [0.05, 0.1) is 15.0 Å². The van der Waals surface area contributed by atoms with Crippen molar-refractivity contribution < 1.29 is 0 Å². The first-order valence-corrected chi connectivity index (χ1v) is 7.29. The van der Waals surface area contributed by atoms with E-state index >= 15 is 0 Å². The van der Waals surface area contributed by atoms with Crippen LogP contribution in [-0.2, 0) is 6.42 Å². The summed E-state index contributed by atoms with van der Waals surface area (Å²) in [7, 11) is 0. The molecule has 0 aliphatic carbocycles. The Morgan fingerprint density at radius 3 is 2.83 bits per heavy atom. The number of thiophene rings is 1. The van der Waals surface area contributed by atoms with E-state index in [2.05, 4.69) is 39.4 Å². The van der Waals surface area contributed by atoms with Crippen LogP contribution in [0, 0.1) is 18.3 Å². The summed E-state index contributed by atoms with van der Waals surface area (Å²) in [5.74, 6) is 0. The smallest absolute Gasteiger partial charge is 0.101 e. The van der Waals surface area contributed by atoms with Crippen molar-refractivity contribution in [3.63, 3.8) is 0 Å². The van der Waals surface area contributed by atoms with Gasteiger partial charge in [-0.05, 0) is 59.1 Å². The van der Waals surface area contributed by atoms with E-state index in [1.165, 1.54) is 4.88 Å². The van der Waals surface area contributed by atoms with Gasteiger partial charge in [-0.1, -0.05) is 6.07 Å². The molecule has 1 aromatic heterocycles. The van der Waals surface area contributed by atoms with Crippen LogP contribution in [0.3, 0.4) is 0 Å². The fourth-order valence-electron chi connectivity index (χ4n) is 1.71. The fourth-order valence-corrected chi connectivity index (χ4v) is 3.19. The van der Waals surface area contributed by atoms with Crippen LogP contribution in [-0.4, -0.2) is 6.54 Å². The van der Waals surface area contributed by atoms with Gasteiger partial charge in [-0.3, -0.25) is 0 Å². The average molecular weight is 321 g/mol. The van der Waals surface area contributed by atoms with Gasteiger partial charge >= 0.3 is 0 Å². The third kappa shape index (κ3) is 3.34. The lowest BCUT2D eigenvalue weighted by Crippen LogP contribution is -2.05. The number of nitrogens with one attached hydrogen (secondary N) is 1. The second-order valence-corrected chi connectivity index (χ2v) is 6.59. The molecule has 0 aliphatic rings. The molecule has 0 atom stereocenters. The Morgan fingerprint density at radius 1 is 1.33 bits per heavy atom. The van der Waals surface area contributed by atoms with Crippen molar-refractivity contribution in [1.29, 1.82) is 5.26 Å². The molecule has 18 heavy (non-hydrogen) atoms. The standard InChI is InChI=1S/C14H13BrN2S/c1-10-2-3-11(9-16)13(8-10)17-7-6-12-4-5-14(15)18-12/h2-5,8,17H,6-7H2,1H3. The van der Waals surface area contributed by atoms with Crippen LogP contribution < -0.4 is 5.32 Å². The molecule has 92 valence electrons. The zero-order chi connectivity index (χ0) is 13.0. The molecule has 0 spiro atoms. The highest BCUT2D eigenvalue weighted by atomic mass is 79.9. The number of nitrogens with zero attached hydrogens (tertiary/aromatic N) is 1. The summed E-state index contributed by atoms with van der Waals surface area (Å²) >= 11 is 5.20. The molecule has 4 heteroatoms. The predicted molar refractivity (Wildman–Crippen MR) is 80.1 cm³/mol. The Labute approximate surface area is 119 Å². The van der Waals surface area contributed by atoms with E-state index in [9.17, 15) is 0 Å². The molecule has 1 aromatic carbocycles. The minimum atomic E-state index is 0.702. The molecular weight excluding hydrogens is 308 g/mol. The Morgan fingerprint density at radius 2 is 2.17 bits per heavy atom. The molecule has 0 amide bonds. The number of anilines is 1. The SMILES string of the molecule is Cc1ccc(C#N)c(NCCc2ccc(Br)s2)c1. The highest BCUT2D eigenvalue weighted by Crippen LogP contribution is 2.23. The summed E-state index contributed by atoms with van der Waals surface area (Å²) in [6, 6.07) is 12.2. The van der Waals surface area contributed by atoms with Crippen LogP contribution in [0.2, 0.25) is 0 Å². The minimum absolute atomic E-state index is 0.702. The Bertz CT molecular complexity index is 584. The largest absolute Gasteiger partial charge is 0.384 e. The van der Waals surface area contributed by atoms with E-state index < -0.39 is 0 Å². The molecule has 0 saturated heterocycles. The molecular formula is C14H13BrN2S. The molecule has 2 aromatic rings. The van der Waals surface area contributed by atoms with Crippen LogP contribution in [0.4, 0.5) is 5.69 Å². The number of halogens is 1. The first-order chi connectivity index (χ1) is 8.69. The van der Waals surface area contributed by atoms with Gasteiger partial charge in [0.2, 0.25) is 0 Å². The summed E-state index contributed by atoms with van der Waals surface area (Å²) < 4.78 is 1.16. The number of nitriles is 1. The molecule has 1 N–H and O–H groups in total. The molecule has 1 heterocycles. The van der Waals surface area contributed by atoms with E-state index in [1.54, 1.807) is 11.3 Å². The topological polar surface area (TPSA) is 35.8 Å². The Balaban J connectivity index is 1.98. The van der Waals surface area contributed by atoms with Crippen molar-refractivity contribution in [3.05, 3.63) is 50.1 Å². The van der Waals surface area contributed by atoms with E-state index in [0.29, 0.717) is 5.56 Å². The maximum absolute atomic E-state index is 9.03. The van der Waals surface area contributed by atoms with Gasteiger partial charge in [-0.25, -0.2) is 0 Å². The molecule has 2 nitrogen and oxygen atoms in total. The monoisotopic (exact) mass is 320 g/mol. The second kappa shape index (κ2) is 6.03. The second-order valence-electron chi connectivity index (χ2n) is 4.04. The summed E-state index contributed by atoms with van der Waals surface area (Å²) in [6.07, 6.45) is 0.967. The molecule has 2 rings (SSSR count). The van der Waals surface area contributed by atoms with Gasteiger partial charge in [-0.15, -0.1) is 11.3 Å². The zero-order valence-corrected chi connectivity index (χ0v) is 12.4. The van der Waals surface area contributed by atoms with Crippen molar-refractivity contribution >= 4 is 33.0 Å². The summed E-state index contributed by atoms with van der Waals surface area (Å²) in [4.78, 5) is 1.33. The van der Waals surface area contributed by atoms with Gasteiger partial charge in [-0.2, -0.15) is 5.26 Å². The van der Waals surface area contributed by atoms with E-state index in [0.717, 1.165) is 28.0 Å². The fraction of sp³-hybridized carbons (Fsp3) is 0.214. The van der Waals surface area contributed by atoms with Crippen LogP contribution in [0.5, 0.6) is 0 Å². The average Bonchev–Trinajstić information content (AvgIpc) is 2.75. The summed E-state index contributed by atoms with van der Waals surface area (Å²) in [5, 5.41) is 12.4. The molecule has 0 aliphatic heterocycles. The van der Waals surface area contributed by atoms with Crippen molar-refractivity contribution in [3.8, 4) is 6.07 Å². The van der Waals surface area contributed by atoms with Crippen molar-refractivity contribution in [2.75, 3.05) is 11.9 Å². The number of benzene rings is 1. The number of hydrogen-bond acceptors (Lipinski definition) is 3. The first-order valence-electron chi connectivity index (χ1n) is 5.68. The molecule has 0 saturated carbocycles. The van der Waals surface area contributed by atoms with Crippen molar-refractivity contribution in [2.45, 2.75) is 13.3 Å². The highest BCUT2D eigenvalue weighted by Gasteiger charge is 2.02. The van der Waals surface area contributed by atoms with Crippen molar-refractivity contribution in [1.82, 2.24) is 0 Å². The molecule has 0 bridgehead atoms. The van der Waals surface area contributed by atoms with Crippen molar-refractivity contribution in [2.24, 2.45) is 0 Å². The lowest BCUT2D eigenvalue weighted by atomic mass is 10.1. The molecule has 0 fully saturated rings. The van der Waals surface area contributed by atoms with Gasteiger partial charge in [0, 0.05) is 11.4 Å². The Hall–Kier alpha value is -1.31. The molecule has 0 radical (unpaired) electrons. The van der Waals surface area contributed by atoms with Gasteiger partial charge in [0.15, 0.2) is 0 Å². The van der Waals surface area contributed by atoms with E-state index in [1.807, 2.05) is 25.1 Å². The number of rotatable bonds is 4. The van der Waals surface area contributed by atoms with E-state index in [-0.39, 0.29) is 0 Å².